The van der Waals surface area contributed by atoms with Crippen molar-refractivity contribution in [2.45, 2.75) is 25.9 Å². The van der Waals surface area contributed by atoms with Gasteiger partial charge in [0.25, 0.3) is 0 Å². The third-order valence-corrected chi connectivity index (χ3v) is 1.96. The normalized spacial score (nSPS) is 20.8. The molecule has 2 N–H and O–H groups in total. The molecule has 0 aromatic carbocycles. The van der Waals surface area contributed by atoms with E-state index < -0.39 is 11.5 Å². The van der Waals surface area contributed by atoms with E-state index in [0.29, 0.717) is 12.8 Å². The van der Waals surface area contributed by atoms with Gasteiger partial charge in [0.2, 0.25) is 5.91 Å². The van der Waals surface area contributed by atoms with Crippen molar-refractivity contribution in [1.29, 1.82) is 5.26 Å². The summed E-state index contributed by atoms with van der Waals surface area (Å²) in [5, 5.41) is 20.0. The van der Waals surface area contributed by atoms with Crippen LogP contribution in [-0.2, 0) is 4.79 Å². The van der Waals surface area contributed by atoms with E-state index in [0.717, 1.165) is 0 Å². The summed E-state index contributed by atoms with van der Waals surface area (Å²) < 4.78 is 0. The molecule has 0 aromatic heterocycles. The smallest absolute Gasteiger partial charge is 0.240 e. The van der Waals surface area contributed by atoms with Crippen molar-refractivity contribution in [1.82, 2.24) is 5.32 Å². The zero-order valence-electron chi connectivity index (χ0n) is 7.00. The summed E-state index contributed by atoms with van der Waals surface area (Å²) in [5.74, 6) is -0.245. The van der Waals surface area contributed by atoms with Gasteiger partial charge in [-0.2, -0.15) is 5.26 Å². The highest BCUT2D eigenvalue weighted by atomic mass is 16.3. The number of carbonyl (C=O) groups is 1. The first-order valence-electron chi connectivity index (χ1n) is 3.98. The fourth-order valence-electron chi connectivity index (χ4n) is 0.924. The third kappa shape index (κ3) is 1.74. The predicted molar refractivity (Wildman–Crippen MR) is 42.0 cm³/mol. The predicted octanol–water partition coefficient (Wildman–Crippen LogP) is -0.213. The highest BCUT2D eigenvalue weighted by Crippen LogP contribution is 2.44. The highest BCUT2D eigenvalue weighted by Gasteiger charge is 2.50. The molecule has 1 amide bonds. The van der Waals surface area contributed by atoms with E-state index in [1.807, 2.05) is 6.07 Å². The fourth-order valence-corrected chi connectivity index (χ4v) is 0.924. The molecular formula is C8H12N2O2. The summed E-state index contributed by atoms with van der Waals surface area (Å²) in [6.45, 7) is 1.81. The topological polar surface area (TPSA) is 73.1 Å². The van der Waals surface area contributed by atoms with Crippen molar-refractivity contribution in [2.24, 2.45) is 5.41 Å². The Labute approximate surface area is 71.2 Å². The monoisotopic (exact) mass is 168 g/mol. The van der Waals surface area contributed by atoms with Crippen LogP contribution in [0.4, 0.5) is 0 Å². The number of aliphatic hydroxyl groups is 1. The summed E-state index contributed by atoms with van der Waals surface area (Å²) in [6, 6.07) is 1.98. The van der Waals surface area contributed by atoms with E-state index in [2.05, 4.69) is 5.32 Å². The van der Waals surface area contributed by atoms with E-state index in [1.54, 1.807) is 6.92 Å². The lowest BCUT2D eigenvalue weighted by atomic mass is 10.1. The number of amides is 1. The molecule has 0 heterocycles. The van der Waals surface area contributed by atoms with Crippen molar-refractivity contribution >= 4 is 5.91 Å². The van der Waals surface area contributed by atoms with Gasteiger partial charge in [-0.05, 0) is 19.8 Å². The SMILES string of the molecule is C[C@H](O)CNC(=O)C1(C#N)CC1. The van der Waals surface area contributed by atoms with Crippen LogP contribution in [0.2, 0.25) is 0 Å². The maximum Gasteiger partial charge on any atom is 0.240 e. The first-order chi connectivity index (χ1) is 5.60. The van der Waals surface area contributed by atoms with Crippen molar-refractivity contribution in [3.63, 3.8) is 0 Å². The second-order valence-electron chi connectivity index (χ2n) is 3.25. The van der Waals surface area contributed by atoms with Crippen LogP contribution < -0.4 is 5.32 Å². The van der Waals surface area contributed by atoms with Crippen LogP contribution >= 0.6 is 0 Å². The Kier molecular flexibility index (Phi) is 2.34. The van der Waals surface area contributed by atoms with E-state index in [4.69, 9.17) is 10.4 Å². The molecule has 12 heavy (non-hydrogen) atoms. The Hall–Kier alpha value is -1.08. The zero-order chi connectivity index (χ0) is 9.19. The minimum absolute atomic E-state index is 0.224. The molecule has 1 fully saturated rings. The summed E-state index contributed by atoms with van der Waals surface area (Å²) in [5.41, 5.74) is -0.769. The maximum absolute atomic E-state index is 11.2. The van der Waals surface area contributed by atoms with Crippen LogP contribution in [0, 0.1) is 16.7 Å². The molecule has 4 heteroatoms. The molecule has 1 saturated carbocycles. The second kappa shape index (κ2) is 3.11. The average Bonchev–Trinajstić information content (AvgIpc) is 2.80. The van der Waals surface area contributed by atoms with Gasteiger partial charge in [0.05, 0.1) is 12.2 Å². The van der Waals surface area contributed by atoms with Gasteiger partial charge in [-0.15, -0.1) is 0 Å². The maximum atomic E-state index is 11.2. The summed E-state index contributed by atoms with van der Waals surface area (Å²) >= 11 is 0. The van der Waals surface area contributed by atoms with Crippen LogP contribution in [0.25, 0.3) is 0 Å². The first kappa shape index (κ1) is 9.01. The lowest BCUT2D eigenvalue weighted by Crippen LogP contribution is -2.35. The van der Waals surface area contributed by atoms with Gasteiger partial charge in [0, 0.05) is 6.54 Å². The number of aliphatic hydroxyl groups excluding tert-OH is 1. The molecule has 1 rings (SSSR count). The van der Waals surface area contributed by atoms with E-state index >= 15 is 0 Å². The van der Waals surface area contributed by atoms with Gasteiger partial charge in [-0.3, -0.25) is 4.79 Å². The van der Waals surface area contributed by atoms with Gasteiger partial charge in [-0.1, -0.05) is 0 Å². The quantitative estimate of drug-likeness (QED) is 0.612. The van der Waals surface area contributed by atoms with Crippen LogP contribution in [0.3, 0.4) is 0 Å². The Morgan fingerprint density at radius 3 is 2.75 bits per heavy atom. The average molecular weight is 168 g/mol. The number of hydrogen-bond acceptors (Lipinski definition) is 3. The Morgan fingerprint density at radius 2 is 2.42 bits per heavy atom. The van der Waals surface area contributed by atoms with Crippen molar-refractivity contribution < 1.29 is 9.90 Å². The lowest BCUT2D eigenvalue weighted by Gasteiger charge is -2.08. The molecule has 0 spiro atoms. The largest absolute Gasteiger partial charge is 0.392 e. The van der Waals surface area contributed by atoms with Gasteiger partial charge < -0.3 is 10.4 Å². The standard InChI is InChI=1S/C8H12N2O2/c1-6(11)4-10-7(12)8(5-9)2-3-8/h6,11H,2-4H2,1H3,(H,10,12)/t6-/m0/s1. The molecule has 0 unspecified atom stereocenters. The van der Waals surface area contributed by atoms with Crippen molar-refractivity contribution in [3.05, 3.63) is 0 Å². The molecule has 1 aliphatic rings. The van der Waals surface area contributed by atoms with Crippen molar-refractivity contribution in [2.75, 3.05) is 6.54 Å². The number of nitriles is 1. The highest BCUT2D eigenvalue weighted by molar-refractivity contribution is 5.88. The molecular weight excluding hydrogens is 156 g/mol. The number of nitrogens with one attached hydrogen (secondary N) is 1. The van der Waals surface area contributed by atoms with Gasteiger partial charge >= 0.3 is 0 Å². The van der Waals surface area contributed by atoms with E-state index in [9.17, 15) is 4.79 Å². The molecule has 4 nitrogen and oxygen atoms in total. The molecule has 66 valence electrons. The lowest BCUT2D eigenvalue weighted by molar-refractivity contribution is -0.124. The number of rotatable bonds is 3. The number of nitrogens with zero attached hydrogens (tertiary/aromatic N) is 1. The van der Waals surface area contributed by atoms with Gasteiger partial charge in [0.1, 0.15) is 5.41 Å². The second-order valence-corrected chi connectivity index (χ2v) is 3.25. The molecule has 0 aliphatic heterocycles. The summed E-state index contributed by atoms with van der Waals surface area (Å²) in [6.07, 6.45) is 0.744. The molecule has 1 atom stereocenters. The Bertz CT molecular complexity index is 226. The van der Waals surface area contributed by atoms with Crippen LogP contribution in [0.15, 0.2) is 0 Å². The van der Waals surface area contributed by atoms with Crippen LogP contribution in [-0.4, -0.2) is 23.7 Å². The van der Waals surface area contributed by atoms with E-state index in [-0.39, 0.29) is 12.5 Å². The fraction of sp³-hybridized carbons (Fsp3) is 0.750. The third-order valence-electron chi connectivity index (χ3n) is 1.96. The number of hydrogen-bond donors (Lipinski definition) is 2. The summed E-state index contributed by atoms with van der Waals surface area (Å²) in [7, 11) is 0. The Morgan fingerprint density at radius 1 is 1.83 bits per heavy atom. The minimum Gasteiger partial charge on any atom is -0.392 e. The molecule has 0 saturated heterocycles. The van der Waals surface area contributed by atoms with E-state index in [1.165, 1.54) is 0 Å². The van der Waals surface area contributed by atoms with Crippen LogP contribution in [0.5, 0.6) is 0 Å². The first-order valence-corrected chi connectivity index (χ1v) is 3.98. The Balaban J connectivity index is 2.35. The molecule has 1 aliphatic carbocycles. The zero-order valence-corrected chi connectivity index (χ0v) is 7.00. The number of carbonyl (C=O) groups excluding carboxylic acids is 1. The van der Waals surface area contributed by atoms with Gasteiger partial charge in [0.15, 0.2) is 0 Å². The minimum atomic E-state index is -0.769. The summed E-state index contributed by atoms with van der Waals surface area (Å²) in [4.78, 5) is 11.2. The van der Waals surface area contributed by atoms with Gasteiger partial charge in [-0.25, -0.2) is 0 Å². The van der Waals surface area contributed by atoms with Crippen LogP contribution in [0.1, 0.15) is 19.8 Å². The molecule has 0 bridgehead atoms. The van der Waals surface area contributed by atoms with Crippen molar-refractivity contribution in [3.8, 4) is 6.07 Å². The molecule has 0 radical (unpaired) electrons. The molecule has 0 aromatic rings.